The SMILES string of the molecule is CC(C)OCC(=O)Nc1cc(Cl)ccc1N(C)C. The van der Waals surface area contributed by atoms with Gasteiger partial charge in [-0.2, -0.15) is 0 Å². The van der Waals surface area contributed by atoms with Crippen LogP contribution in [0.4, 0.5) is 11.4 Å². The van der Waals surface area contributed by atoms with Gasteiger partial charge >= 0.3 is 0 Å². The summed E-state index contributed by atoms with van der Waals surface area (Å²) < 4.78 is 5.25. The number of hydrogen-bond acceptors (Lipinski definition) is 3. The largest absolute Gasteiger partial charge is 0.376 e. The van der Waals surface area contributed by atoms with Crippen molar-refractivity contribution in [2.24, 2.45) is 0 Å². The number of carbonyl (C=O) groups excluding carboxylic acids is 1. The maximum Gasteiger partial charge on any atom is 0.250 e. The Balaban J connectivity index is 2.76. The van der Waals surface area contributed by atoms with Crippen LogP contribution in [-0.4, -0.2) is 32.7 Å². The Bertz CT molecular complexity index is 419. The first-order chi connectivity index (χ1) is 8.40. The molecular formula is C13H19ClN2O2. The number of anilines is 2. The highest BCUT2D eigenvalue weighted by molar-refractivity contribution is 6.31. The summed E-state index contributed by atoms with van der Waals surface area (Å²) in [5.74, 6) is -0.186. The first kappa shape index (κ1) is 14.8. The summed E-state index contributed by atoms with van der Waals surface area (Å²) in [6.07, 6.45) is 0.0310. The van der Waals surface area contributed by atoms with E-state index in [4.69, 9.17) is 16.3 Å². The van der Waals surface area contributed by atoms with Crippen LogP contribution >= 0.6 is 11.6 Å². The van der Waals surface area contributed by atoms with Crippen molar-refractivity contribution in [3.8, 4) is 0 Å². The molecule has 0 aromatic heterocycles. The van der Waals surface area contributed by atoms with Crippen LogP contribution < -0.4 is 10.2 Å². The van der Waals surface area contributed by atoms with Gasteiger partial charge in [-0.15, -0.1) is 0 Å². The highest BCUT2D eigenvalue weighted by Crippen LogP contribution is 2.27. The molecule has 1 aromatic rings. The van der Waals surface area contributed by atoms with E-state index in [1.165, 1.54) is 0 Å². The monoisotopic (exact) mass is 270 g/mol. The number of hydrogen-bond donors (Lipinski definition) is 1. The first-order valence-corrected chi connectivity index (χ1v) is 6.16. The topological polar surface area (TPSA) is 41.6 Å². The van der Waals surface area contributed by atoms with Gasteiger partial charge in [0.05, 0.1) is 17.5 Å². The van der Waals surface area contributed by atoms with Gasteiger partial charge in [0, 0.05) is 19.1 Å². The molecule has 0 unspecified atom stereocenters. The summed E-state index contributed by atoms with van der Waals surface area (Å²) in [7, 11) is 3.81. The van der Waals surface area contributed by atoms with Gasteiger partial charge in [0.15, 0.2) is 0 Å². The van der Waals surface area contributed by atoms with E-state index >= 15 is 0 Å². The Morgan fingerprint density at radius 2 is 2.11 bits per heavy atom. The molecule has 0 aliphatic rings. The summed E-state index contributed by atoms with van der Waals surface area (Å²) in [4.78, 5) is 13.6. The lowest BCUT2D eigenvalue weighted by atomic mass is 10.2. The minimum atomic E-state index is -0.186. The molecule has 1 aromatic carbocycles. The van der Waals surface area contributed by atoms with E-state index in [-0.39, 0.29) is 18.6 Å². The van der Waals surface area contributed by atoms with E-state index in [1.54, 1.807) is 12.1 Å². The van der Waals surface area contributed by atoms with Crippen molar-refractivity contribution in [3.05, 3.63) is 23.2 Å². The highest BCUT2D eigenvalue weighted by Gasteiger charge is 2.09. The molecule has 1 amide bonds. The molecule has 0 fully saturated rings. The summed E-state index contributed by atoms with van der Waals surface area (Å²) >= 11 is 5.93. The maximum absolute atomic E-state index is 11.7. The average molecular weight is 271 g/mol. The third-order valence-corrected chi connectivity index (χ3v) is 2.50. The van der Waals surface area contributed by atoms with Crippen LogP contribution in [0, 0.1) is 0 Å². The van der Waals surface area contributed by atoms with Gasteiger partial charge < -0.3 is 15.0 Å². The van der Waals surface area contributed by atoms with Crippen LogP contribution in [0.25, 0.3) is 0 Å². The standard InChI is InChI=1S/C13H19ClN2O2/c1-9(2)18-8-13(17)15-11-7-10(14)5-6-12(11)16(3)4/h5-7,9H,8H2,1-4H3,(H,15,17). The van der Waals surface area contributed by atoms with E-state index < -0.39 is 0 Å². The van der Waals surface area contributed by atoms with Gasteiger partial charge in [0.25, 0.3) is 0 Å². The summed E-state index contributed by atoms with van der Waals surface area (Å²) in [6.45, 7) is 3.81. The van der Waals surface area contributed by atoms with Crippen LogP contribution in [0.15, 0.2) is 18.2 Å². The normalized spacial score (nSPS) is 10.6. The molecular weight excluding hydrogens is 252 g/mol. The molecule has 0 saturated heterocycles. The molecule has 100 valence electrons. The zero-order chi connectivity index (χ0) is 13.7. The van der Waals surface area contributed by atoms with Gasteiger partial charge in [0.1, 0.15) is 6.61 Å². The van der Waals surface area contributed by atoms with Crippen molar-refractivity contribution >= 4 is 28.9 Å². The average Bonchev–Trinajstić information content (AvgIpc) is 2.26. The van der Waals surface area contributed by atoms with Crippen molar-refractivity contribution in [2.45, 2.75) is 20.0 Å². The van der Waals surface area contributed by atoms with E-state index in [0.717, 1.165) is 5.69 Å². The number of carbonyl (C=O) groups is 1. The van der Waals surface area contributed by atoms with Crippen molar-refractivity contribution in [2.75, 3.05) is 30.9 Å². The lowest BCUT2D eigenvalue weighted by Gasteiger charge is -2.18. The van der Waals surface area contributed by atoms with E-state index in [9.17, 15) is 4.79 Å². The third kappa shape index (κ3) is 4.55. The van der Waals surface area contributed by atoms with Crippen LogP contribution in [-0.2, 0) is 9.53 Å². The first-order valence-electron chi connectivity index (χ1n) is 5.78. The number of benzene rings is 1. The molecule has 0 saturated carbocycles. The van der Waals surface area contributed by atoms with Crippen molar-refractivity contribution < 1.29 is 9.53 Å². The number of nitrogens with zero attached hydrogens (tertiary/aromatic N) is 1. The predicted molar refractivity (Wildman–Crippen MR) is 75.5 cm³/mol. The molecule has 0 heterocycles. The molecule has 5 heteroatoms. The summed E-state index contributed by atoms with van der Waals surface area (Å²) in [5, 5.41) is 3.38. The predicted octanol–water partition coefficient (Wildman–Crippen LogP) is 2.77. The van der Waals surface area contributed by atoms with Crippen molar-refractivity contribution in [3.63, 3.8) is 0 Å². The van der Waals surface area contributed by atoms with Crippen LogP contribution in [0.3, 0.4) is 0 Å². The summed E-state index contributed by atoms with van der Waals surface area (Å²) in [5.41, 5.74) is 1.59. The van der Waals surface area contributed by atoms with E-state index in [2.05, 4.69) is 5.32 Å². The molecule has 0 spiro atoms. The number of halogens is 1. The highest BCUT2D eigenvalue weighted by atomic mass is 35.5. The van der Waals surface area contributed by atoms with E-state index in [1.807, 2.05) is 38.9 Å². The van der Waals surface area contributed by atoms with Gasteiger partial charge in [-0.25, -0.2) is 0 Å². The van der Waals surface area contributed by atoms with Crippen LogP contribution in [0.5, 0.6) is 0 Å². The molecule has 18 heavy (non-hydrogen) atoms. The molecule has 1 rings (SSSR count). The van der Waals surface area contributed by atoms with Crippen molar-refractivity contribution in [1.29, 1.82) is 0 Å². The van der Waals surface area contributed by atoms with Gasteiger partial charge in [-0.3, -0.25) is 4.79 Å². The molecule has 0 aliphatic heterocycles. The Kier molecular flexibility index (Phi) is 5.44. The Morgan fingerprint density at radius 1 is 1.44 bits per heavy atom. The number of rotatable bonds is 5. The number of amides is 1. The molecule has 1 N–H and O–H groups in total. The van der Waals surface area contributed by atoms with Crippen LogP contribution in [0.2, 0.25) is 5.02 Å². The zero-order valence-corrected chi connectivity index (χ0v) is 11.9. The second-order valence-corrected chi connectivity index (χ2v) is 4.90. The lowest BCUT2D eigenvalue weighted by molar-refractivity contribution is -0.121. The second-order valence-electron chi connectivity index (χ2n) is 4.46. The Labute approximate surface area is 113 Å². The quantitative estimate of drug-likeness (QED) is 0.895. The van der Waals surface area contributed by atoms with Gasteiger partial charge in [-0.05, 0) is 32.0 Å². The minimum absolute atomic E-state index is 0.0310. The van der Waals surface area contributed by atoms with Crippen molar-refractivity contribution in [1.82, 2.24) is 0 Å². The number of ether oxygens (including phenoxy) is 1. The molecule has 0 bridgehead atoms. The fraction of sp³-hybridized carbons (Fsp3) is 0.462. The summed E-state index contributed by atoms with van der Waals surface area (Å²) in [6, 6.07) is 5.38. The fourth-order valence-electron chi connectivity index (χ4n) is 1.43. The maximum atomic E-state index is 11.7. The van der Waals surface area contributed by atoms with Gasteiger partial charge in [0.2, 0.25) is 5.91 Å². The fourth-order valence-corrected chi connectivity index (χ4v) is 1.60. The van der Waals surface area contributed by atoms with Gasteiger partial charge in [-0.1, -0.05) is 11.6 Å². The third-order valence-electron chi connectivity index (χ3n) is 2.26. The van der Waals surface area contributed by atoms with E-state index in [0.29, 0.717) is 10.7 Å². The smallest absolute Gasteiger partial charge is 0.250 e. The van der Waals surface area contributed by atoms with Crippen LogP contribution in [0.1, 0.15) is 13.8 Å². The Morgan fingerprint density at radius 3 is 2.67 bits per heavy atom. The molecule has 4 nitrogen and oxygen atoms in total. The molecule has 0 atom stereocenters. The number of nitrogens with one attached hydrogen (secondary N) is 1. The minimum Gasteiger partial charge on any atom is -0.376 e. The molecule has 0 radical (unpaired) electrons. The molecule has 0 aliphatic carbocycles. The zero-order valence-electron chi connectivity index (χ0n) is 11.2. The lowest BCUT2D eigenvalue weighted by Crippen LogP contribution is -2.22. The Hall–Kier alpha value is -1.26. The second kappa shape index (κ2) is 6.61.